The minimum atomic E-state index is -1.08. The van der Waals surface area contributed by atoms with Gasteiger partial charge in [0.05, 0.1) is 102 Å². The largest absolute Gasteiger partial charge is 1.00 e. The van der Waals surface area contributed by atoms with Crippen molar-refractivity contribution >= 4 is 161 Å². The molecule has 0 aliphatic carbocycles. The minimum absolute atomic E-state index is 0. The van der Waals surface area contributed by atoms with E-state index in [1.165, 1.54) is 13.0 Å². The van der Waals surface area contributed by atoms with Crippen molar-refractivity contribution in [3.63, 3.8) is 0 Å². The number of carbonyl (C=O) groups is 6. The first-order valence-corrected chi connectivity index (χ1v) is 42.2. The van der Waals surface area contributed by atoms with Gasteiger partial charge in [0.2, 0.25) is 17.7 Å². The van der Waals surface area contributed by atoms with Crippen LogP contribution in [0.25, 0.3) is 33.1 Å². The second kappa shape index (κ2) is 47.1. The molecule has 33 heteroatoms. The molecule has 8 aromatic carbocycles. The summed E-state index contributed by atoms with van der Waals surface area (Å²) in [4.78, 5) is 89.9. The minimum Gasteiger partial charge on any atom is -0.870 e. The van der Waals surface area contributed by atoms with Crippen molar-refractivity contribution in [2.75, 3.05) is 45.0 Å². The molecular formula is C93H106Cl7N14NaO11. The van der Waals surface area contributed by atoms with Gasteiger partial charge in [-0.3, -0.25) is 24.0 Å². The number of carbonyl (C=O) groups excluding carboxylic acids is 5. The molecule has 126 heavy (non-hydrogen) atoms. The molecule has 11 aromatic rings. The van der Waals surface area contributed by atoms with E-state index < -0.39 is 22.2 Å². The Balaban J connectivity index is 0.000000305. The first-order valence-electron chi connectivity index (χ1n) is 39.6. The average molecular weight is 1870 g/mol. The number of nitrogens with zero attached hydrogens (tertiary/aromatic N) is 9. The van der Waals surface area contributed by atoms with Crippen LogP contribution in [0.15, 0.2) is 132 Å². The molecule has 0 bridgehead atoms. The molecule has 25 nitrogen and oxygen atoms in total. The number of nitriles is 2. The number of fused-ring (bicyclic) bond motifs is 3. The fourth-order valence-corrected chi connectivity index (χ4v) is 14.0. The van der Waals surface area contributed by atoms with Gasteiger partial charge in [0, 0.05) is 135 Å². The fourth-order valence-electron chi connectivity index (χ4n) is 12.3. The summed E-state index contributed by atoms with van der Waals surface area (Å²) < 4.78 is 22.7. The predicted molar refractivity (Wildman–Crippen MR) is 499 cm³/mol. The number of nitrogens with one attached hydrogen (secondary N) is 4. The van der Waals surface area contributed by atoms with Crippen molar-refractivity contribution in [3.8, 4) is 29.4 Å². The zero-order valence-electron chi connectivity index (χ0n) is 74.7. The number of halogens is 7. The fraction of sp³-hybridized carbons (Fsp3) is 0.344. The van der Waals surface area contributed by atoms with Crippen molar-refractivity contribution in [1.29, 1.82) is 10.5 Å². The number of hydrogen-bond acceptors (Lipinski definition) is 17. The van der Waals surface area contributed by atoms with E-state index in [-0.39, 0.29) is 83.1 Å². The second-order valence-corrected chi connectivity index (χ2v) is 35.0. The van der Waals surface area contributed by atoms with E-state index in [2.05, 4.69) is 32.3 Å². The molecule has 8 N–H and O–H groups in total. The van der Waals surface area contributed by atoms with Gasteiger partial charge in [-0.15, -0.1) is 0 Å². The van der Waals surface area contributed by atoms with E-state index in [4.69, 9.17) is 116 Å². The van der Waals surface area contributed by atoms with E-state index in [1.807, 2.05) is 162 Å². The number of rotatable bonds is 23. The van der Waals surface area contributed by atoms with Crippen LogP contribution in [-0.2, 0) is 74.4 Å². The van der Waals surface area contributed by atoms with Crippen LogP contribution in [0.2, 0.25) is 30.1 Å². The van der Waals surface area contributed by atoms with Gasteiger partial charge in [-0.2, -0.15) is 10.5 Å². The molecule has 0 spiro atoms. The third-order valence-corrected chi connectivity index (χ3v) is 22.4. The number of nitrogen functional groups attached to an aromatic ring is 1. The standard InChI is InChI=1S/C31H31Cl2N5O3.C25H29Cl2N3O3.C24H27Cl2N3O4.C7H6N2.C6H12ClN.Na.H2O/c1-6-41-26-15-25-24(13-22(26)29(39)36-20-9-7-8-18(12-20)16-34)37-27(38(25)5)14-21-23(32)11-10-19(28(21)33)17-35-30(40)31(2,3)4;1-7-33-21-12-20-19(10-16(21)14(2)31)29-22(30(20)6)11-17-18(26)9-8-15(23(17)27)13-28-24(32)25(3,4)5;1-6-33-19-11-18-17(9-15(19)22(30)31)28-20(29(18)5)10-14-16(25)8-7-13(21(14)26)12-27-23(32)24(2,3)4;8-5-6-2-1-3-7(9)4-6;1-5(2)6(7)8(3)4;;/h7-13,15H,6,14,17H2,1-5H3,(H,35,40)(H,36,39);8-10,12H,7,11,13H2,1-6H3,(H,28,32);7-9,11H,6,10,12H2,1-5H3,(H,27,32)(H,30,31);1-4H,9H2;1-4H3;;1H2/q;;;;;+1;/p-1. The summed E-state index contributed by atoms with van der Waals surface area (Å²) in [6.07, 6.45) is 1.05. The summed E-state index contributed by atoms with van der Waals surface area (Å²) in [7, 11) is 9.48. The van der Waals surface area contributed by atoms with Crippen LogP contribution in [0.4, 0.5) is 11.4 Å². The first kappa shape index (κ1) is 106. The zero-order valence-corrected chi connectivity index (χ0v) is 82.0. The molecule has 3 aromatic heterocycles. The van der Waals surface area contributed by atoms with Gasteiger partial charge in [0.1, 0.15) is 45.4 Å². The number of aromatic nitrogens is 6. The van der Waals surface area contributed by atoms with Crippen molar-refractivity contribution in [2.24, 2.45) is 37.4 Å². The van der Waals surface area contributed by atoms with Crippen molar-refractivity contribution in [3.05, 3.63) is 241 Å². The van der Waals surface area contributed by atoms with Gasteiger partial charge >= 0.3 is 35.5 Å². The topological polar surface area (TPSA) is 359 Å². The monoisotopic (exact) mass is 1860 g/mol. The maximum Gasteiger partial charge on any atom is 1.00 e. The molecule has 0 atom stereocenters. The molecule has 0 unspecified atom stereocenters. The maximum absolute atomic E-state index is 13.3. The molecule has 0 fully saturated rings. The van der Waals surface area contributed by atoms with Crippen LogP contribution in [0.5, 0.6) is 17.2 Å². The Morgan fingerprint density at radius 1 is 0.492 bits per heavy atom. The number of aromatic carboxylic acids is 1. The summed E-state index contributed by atoms with van der Waals surface area (Å²) in [5, 5.41) is 42.4. The Hall–Kier alpha value is -10.1. The van der Waals surface area contributed by atoms with Crippen LogP contribution in [0.3, 0.4) is 0 Å². The molecule has 664 valence electrons. The number of nitrogens with two attached hydrogens (primary N) is 1. The Kier molecular flexibility index (Phi) is 39.8. The number of aryl methyl sites for hydroxylation is 3. The van der Waals surface area contributed by atoms with E-state index in [9.17, 15) is 39.1 Å². The number of amides is 4. The van der Waals surface area contributed by atoms with E-state index in [0.29, 0.717) is 166 Å². The Morgan fingerprint density at radius 2 is 0.817 bits per heavy atom. The summed E-state index contributed by atoms with van der Waals surface area (Å²) in [5.74, 6) is 1.57. The third-order valence-electron chi connectivity index (χ3n) is 19.2. The van der Waals surface area contributed by atoms with Gasteiger partial charge < -0.3 is 70.4 Å². The van der Waals surface area contributed by atoms with E-state index >= 15 is 0 Å². The van der Waals surface area contributed by atoms with Crippen molar-refractivity contribution in [1.82, 2.24) is 49.5 Å². The average Bonchev–Trinajstić information content (AvgIpc) is 1.64. The molecular weight excluding hydrogens is 1760 g/mol. The van der Waals surface area contributed by atoms with E-state index in [0.717, 1.165) is 55.4 Å². The van der Waals surface area contributed by atoms with Gasteiger partial charge in [0.25, 0.3) is 5.91 Å². The summed E-state index contributed by atoms with van der Waals surface area (Å²) in [5.41, 5.74) is 16.6. The molecule has 0 aliphatic rings. The van der Waals surface area contributed by atoms with Crippen LogP contribution < -0.4 is 70.8 Å². The van der Waals surface area contributed by atoms with Crippen molar-refractivity contribution in [2.45, 2.75) is 143 Å². The summed E-state index contributed by atoms with van der Waals surface area (Å²) in [6, 6.07) is 38.6. The SMILES string of the molecule is CC(C)=C(Cl)N(C)C.CCOc1cc2c(cc1C(=O)Nc1cccc(C#N)c1)nc(Cc1c(Cl)ccc(CNC(=O)C(C)(C)C)c1Cl)n2C.CCOc1cc2c(cc1C(=O)O)nc(Cc1c(Cl)ccc(CNC(=O)C(C)(C)C)c1Cl)n2C.CCOc1cc2c(cc1C(C)=O)nc(Cc1c(Cl)ccc(CNC(=O)C(C)(C)C)c1Cl)n2C.N#Cc1cccc(N)c1.[Na+].[OH-]. The predicted octanol–water partition coefficient (Wildman–Crippen LogP) is 17.6. The number of anilines is 2. The van der Waals surface area contributed by atoms with Gasteiger partial charge in [-0.05, 0) is 153 Å². The number of imidazole rings is 3. The van der Waals surface area contributed by atoms with Gasteiger partial charge in [-0.1, -0.05) is 174 Å². The summed E-state index contributed by atoms with van der Waals surface area (Å²) in [6.45, 7) is 29.7. The van der Waals surface area contributed by atoms with Crippen molar-refractivity contribution < 1.29 is 83.1 Å². The Morgan fingerprint density at radius 3 is 1.11 bits per heavy atom. The molecule has 11 rings (SSSR count). The summed E-state index contributed by atoms with van der Waals surface area (Å²) >= 11 is 45.4. The number of ketones is 1. The van der Waals surface area contributed by atoms with Crippen LogP contribution in [0, 0.1) is 38.9 Å². The Labute approximate surface area is 793 Å². The third kappa shape index (κ3) is 28.2. The maximum atomic E-state index is 13.3. The van der Waals surface area contributed by atoms with Crippen LogP contribution in [0.1, 0.15) is 197 Å². The molecule has 0 saturated heterocycles. The number of hydrogen-bond donors (Lipinski definition) is 6. The molecule has 4 amide bonds. The number of carboxylic acids is 1. The molecule has 0 radical (unpaired) electrons. The van der Waals surface area contributed by atoms with Gasteiger partial charge in [-0.25, -0.2) is 19.7 Å². The van der Waals surface area contributed by atoms with Crippen LogP contribution >= 0.6 is 81.2 Å². The van der Waals surface area contributed by atoms with Gasteiger partial charge in [0.15, 0.2) is 5.78 Å². The number of allylic oxidation sites excluding steroid dienone is 1. The van der Waals surface area contributed by atoms with E-state index in [1.54, 1.807) is 110 Å². The zero-order chi connectivity index (χ0) is 92.3. The molecule has 0 saturated carbocycles. The first-order chi connectivity index (χ1) is 58.2. The number of Topliss-reactive ketones (excluding diaryl/α,β-unsaturated/α-hetero) is 1. The second-order valence-electron chi connectivity index (χ2n) is 32.3. The number of ether oxygens (including phenoxy) is 3. The number of carboxylic acid groups (broad SMARTS) is 1. The van der Waals surface area contributed by atoms with Crippen LogP contribution in [-0.4, -0.2) is 113 Å². The Bertz CT molecular complexity index is 5750. The number of benzene rings is 8. The molecule has 0 aliphatic heterocycles. The normalized spacial score (nSPS) is 10.9. The molecule has 3 heterocycles. The smallest absolute Gasteiger partial charge is 0.870 e. The quantitative estimate of drug-likeness (QED) is 0.0150.